The first-order valence-electron chi connectivity index (χ1n) is 5.87. The van der Waals surface area contributed by atoms with Crippen LogP contribution in [-0.4, -0.2) is 51.5 Å². The largest absolute Gasteiger partial charge is 0.463 e. The highest BCUT2D eigenvalue weighted by Crippen LogP contribution is 2.21. The van der Waals surface area contributed by atoms with Crippen molar-refractivity contribution in [3.05, 3.63) is 17.9 Å². The van der Waals surface area contributed by atoms with E-state index in [0.29, 0.717) is 19.6 Å². The van der Waals surface area contributed by atoms with Crippen LogP contribution in [0.15, 0.2) is 21.6 Å². The Balaban J connectivity index is 2.28. The van der Waals surface area contributed by atoms with Gasteiger partial charge in [0.05, 0.1) is 7.11 Å². The van der Waals surface area contributed by atoms with Crippen molar-refractivity contribution in [2.75, 3.05) is 26.7 Å². The fourth-order valence-electron chi connectivity index (χ4n) is 1.96. The van der Waals surface area contributed by atoms with Crippen molar-refractivity contribution in [3.63, 3.8) is 0 Å². The molecule has 0 saturated carbocycles. The number of furan rings is 1. The molecule has 1 saturated heterocycles. The van der Waals surface area contributed by atoms with Gasteiger partial charge in [-0.3, -0.25) is 0 Å². The molecule has 0 amide bonds. The van der Waals surface area contributed by atoms with Crippen LogP contribution < -0.4 is 5.32 Å². The summed E-state index contributed by atoms with van der Waals surface area (Å²) < 4.78 is 35.7. The number of methoxy groups -OCH3 is 1. The first kappa shape index (κ1) is 14.0. The van der Waals surface area contributed by atoms with E-state index in [1.807, 2.05) is 6.92 Å². The number of hydrogen-bond acceptors (Lipinski definition) is 6. The molecular formula is C11H16N2O5S. The van der Waals surface area contributed by atoms with Gasteiger partial charge in [-0.15, -0.1) is 0 Å². The number of hydrogen-bond donors (Lipinski definition) is 1. The average molecular weight is 288 g/mol. The van der Waals surface area contributed by atoms with Crippen molar-refractivity contribution in [2.24, 2.45) is 0 Å². The maximum Gasteiger partial charge on any atom is 0.374 e. The number of rotatable bonds is 3. The molecule has 0 radical (unpaired) electrons. The van der Waals surface area contributed by atoms with Crippen molar-refractivity contribution in [3.8, 4) is 0 Å². The van der Waals surface area contributed by atoms with Gasteiger partial charge in [-0.1, -0.05) is 0 Å². The lowest BCUT2D eigenvalue weighted by Crippen LogP contribution is -2.52. The van der Waals surface area contributed by atoms with Crippen molar-refractivity contribution >= 4 is 16.0 Å². The highest BCUT2D eigenvalue weighted by Gasteiger charge is 2.33. The van der Waals surface area contributed by atoms with Crippen LogP contribution in [0.25, 0.3) is 0 Å². The minimum atomic E-state index is -3.71. The lowest BCUT2D eigenvalue weighted by Gasteiger charge is -2.31. The number of nitrogens with zero attached hydrogens (tertiary/aromatic N) is 1. The predicted molar refractivity (Wildman–Crippen MR) is 66.3 cm³/mol. The summed E-state index contributed by atoms with van der Waals surface area (Å²) in [5.41, 5.74) is 0. The van der Waals surface area contributed by atoms with E-state index >= 15 is 0 Å². The van der Waals surface area contributed by atoms with Crippen molar-refractivity contribution in [2.45, 2.75) is 18.1 Å². The minimum absolute atomic E-state index is 0.121. The summed E-state index contributed by atoms with van der Waals surface area (Å²) in [7, 11) is -2.51. The second-order valence-corrected chi connectivity index (χ2v) is 6.10. The third-order valence-electron chi connectivity index (χ3n) is 2.97. The number of carbonyl (C=O) groups excluding carboxylic acids is 1. The first-order chi connectivity index (χ1) is 8.96. The Bertz CT molecular complexity index is 565. The fourth-order valence-corrected chi connectivity index (χ4v) is 3.51. The van der Waals surface area contributed by atoms with Gasteiger partial charge in [-0.05, 0) is 19.1 Å². The molecular weight excluding hydrogens is 272 g/mol. The third kappa shape index (κ3) is 2.65. The Hall–Kier alpha value is -1.38. The Labute approximate surface area is 111 Å². The minimum Gasteiger partial charge on any atom is -0.463 e. The summed E-state index contributed by atoms with van der Waals surface area (Å²) in [4.78, 5) is 11.3. The Kier molecular flexibility index (Phi) is 3.93. The molecule has 1 aromatic rings. The van der Waals surface area contributed by atoms with Crippen LogP contribution in [0.1, 0.15) is 17.5 Å². The summed E-state index contributed by atoms with van der Waals surface area (Å²) in [5, 5.41) is 2.88. The van der Waals surface area contributed by atoms with E-state index in [4.69, 9.17) is 4.42 Å². The Morgan fingerprint density at radius 1 is 1.53 bits per heavy atom. The molecule has 0 bridgehead atoms. The summed E-state index contributed by atoms with van der Waals surface area (Å²) in [6, 6.07) is 2.41. The monoisotopic (exact) mass is 288 g/mol. The standard InChI is InChI=1S/C11H16N2O5S/c1-8-7-12-5-6-13(8)19(15,16)10-4-3-9(18-10)11(14)17-2/h3-4,8,12H,5-7H2,1-2H3. The zero-order valence-electron chi connectivity index (χ0n) is 10.8. The van der Waals surface area contributed by atoms with Crippen molar-refractivity contribution in [1.82, 2.24) is 9.62 Å². The average Bonchev–Trinajstić information content (AvgIpc) is 2.88. The zero-order valence-corrected chi connectivity index (χ0v) is 11.6. The number of sulfonamides is 1. The van der Waals surface area contributed by atoms with Gasteiger partial charge in [0, 0.05) is 25.7 Å². The molecule has 1 N–H and O–H groups in total. The van der Waals surface area contributed by atoms with Gasteiger partial charge in [-0.25, -0.2) is 13.2 Å². The van der Waals surface area contributed by atoms with Gasteiger partial charge in [-0.2, -0.15) is 4.31 Å². The summed E-state index contributed by atoms with van der Waals surface area (Å²) >= 11 is 0. The molecule has 7 nitrogen and oxygen atoms in total. The van der Waals surface area contributed by atoms with E-state index in [1.165, 1.54) is 23.5 Å². The number of ether oxygens (including phenoxy) is 1. The molecule has 1 aromatic heterocycles. The highest BCUT2D eigenvalue weighted by molar-refractivity contribution is 7.89. The van der Waals surface area contributed by atoms with Gasteiger partial charge < -0.3 is 14.5 Å². The van der Waals surface area contributed by atoms with E-state index in [-0.39, 0.29) is 16.9 Å². The van der Waals surface area contributed by atoms with E-state index in [1.54, 1.807) is 0 Å². The predicted octanol–water partition coefficient (Wildman–Crippen LogP) is 0.0486. The van der Waals surface area contributed by atoms with E-state index in [9.17, 15) is 13.2 Å². The maximum absolute atomic E-state index is 12.4. The zero-order chi connectivity index (χ0) is 14.0. The second kappa shape index (κ2) is 5.32. The van der Waals surface area contributed by atoms with Crippen LogP contribution in [0.2, 0.25) is 0 Å². The molecule has 2 heterocycles. The molecule has 0 spiro atoms. The molecule has 1 aliphatic rings. The van der Waals surface area contributed by atoms with Gasteiger partial charge in [0.25, 0.3) is 10.0 Å². The fraction of sp³-hybridized carbons (Fsp3) is 0.545. The molecule has 0 aliphatic carbocycles. The maximum atomic E-state index is 12.4. The summed E-state index contributed by atoms with van der Waals surface area (Å²) in [5.74, 6) is -0.821. The molecule has 1 atom stereocenters. The normalized spacial score (nSPS) is 21.3. The quantitative estimate of drug-likeness (QED) is 0.791. The summed E-state index contributed by atoms with van der Waals surface area (Å²) in [6.07, 6.45) is 0. The third-order valence-corrected chi connectivity index (χ3v) is 4.86. The van der Waals surface area contributed by atoms with Gasteiger partial charge in [0.15, 0.2) is 0 Å². The van der Waals surface area contributed by atoms with E-state index in [0.717, 1.165) is 0 Å². The highest BCUT2D eigenvalue weighted by atomic mass is 32.2. The van der Waals surface area contributed by atoms with Gasteiger partial charge in [0.2, 0.25) is 10.9 Å². The van der Waals surface area contributed by atoms with Gasteiger partial charge in [0.1, 0.15) is 0 Å². The summed E-state index contributed by atoms with van der Waals surface area (Å²) in [6.45, 7) is 3.36. The number of carbonyl (C=O) groups is 1. The number of nitrogens with one attached hydrogen (secondary N) is 1. The van der Waals surface area contributed by atoms with Crippen molar-refractivity contribution < 1.29 is 22.4 Å². The van der Waals surface area contributed by atoms with Crippen LogP contribution in [0.3, 0.4) is 0 Å². The van der Waals surface area contributed by atoms with Crippen LogP contribution in [0.4, 0.5) is 0 Å². The Morgan fingerprint density at radius 3 is 2.89 bits per heavy atom. The Morgan fingerprint density at radius 2 is 2.26 bits per heavy atom. The number of esters is 1. The first-order valence-corrected chi connectivity index (χ1v) is 7.31. The molecule has 0 aromatic carbocycles. The molecule has 1 fully saturated rings. The topological polar surface area (TPSA) is 88.9 Å². The molecule has 1 aliphatic heterocycles. The van der Waals surface area contributed by atoms with Crippen LogP contribution in [-0.2, 0) is 14.8 Å². The van der Waals surface area contributed by atoms with E-state index < -0.39 is 16.0 Å². The molecule has 106 valence electrons. The van der Waals surface area contributed by atoms with E-state index in [2.05, 4.69) is 10.1 Å². The van der Waals surface area contributed by atoms with Gasteiger partial charge >= 0.3 is 5.97 Å². The van der Waals surface area contributed by atoms with Crippen molar-refractivity contribution in [1.29, 1.82) is 0 Å². The molecule has 1 unspecified atom stereocenters. The van der Waals surface area contributed by atoms with Crippen LogP contribution >= 0.6 is 0 Å². The SMILES string of the molecule is COC(=O)c1ccc(S(=O)(=O)N2CCNCC2C)o1. The van der Waals surface area contributed by atoms with Crippen LogP contribution in [0.5, 0.6) is 0 Å². The second-order valence-electron chi connectivity index (χ2n) is 4.28. The molecule has 2 rings (SSSR count). The lowest BCUT2D eigenvalue weighted by molar-refractivity contribution is 0.0558. The number of piperazine rings is 1. The van der Waals surface area contributed by atoms with Crippen LogP contribution in [0, 0.1) is 0 Å². The lowest BCUT2D eigenvalue weighted by atomic mass is 10.3. The molecule has 19 heavy (non-hydrogen) atoms. The molecule has 8 heteroatoms. The smallest absolute Gasteiger partial charge is 0.374 e.